The molecule has 0 spiro atoms. The summed E-state index contributed by atoms with van der Waals surface area (Å²) in [6.07, 6.45) is 10.8. The Labute approximate surface area is 133 Å². The summed E-state index contributed by atoms with van der Waals surface area (Å²) in [7, 11) is 0. The quantitative estimate of drug-likeness (QED) is 0.759. The number of nitrogens with zero attached hydrogens (tertiary/aromatic N) is 3. The van der Waals surface area contributed by atoms with Crippen molar-refractivity contribution in [2.75, 3.05) is 0 Å². The highest BCUT2D eigenvalue weighted by molar-refractivity contribution is 5.34. The van der Waals surface area contributed by atoms with E-state index in [4.69, 9.17) is 9.47 Å². The monoisotopic (exact) mass is 306 g/mol. The number of allylic oxidation sites excluding steroid dienone is 3. The van der Waals surface area contributed by atoms with Gasteiger partial charge in [-0.2, -0.15) is 0 Å². The lowest BCUT2D eigenvalue weighted by molar-refractivity contribution is -0.742. The van der Waals surface area contributed by atoms with Crippen LogP contribution in [-0.4, -0.2) is 15.9 Å². The SMILES string of the molecule is C1=COC2=C(C=C1)C[C@H]1OCc3nn(-c4ccccc4)c[n+]3[C@@H]21. The van der Waals surface area contributed by atoms with Crippen molar-refractivity contribution >= 4 is 0 Å². The summed E-state index contributed by atoms with van der Waals surface area (Å²) in [6, 6.07) is 10.2. The molecule has 1 aliphatic carbocycles. The minimum absolute atomic E-state index is 0.0543. The van der Waals surface area contributed by atoms with Crippen molar-refractivity contribution in [3.05, 3.63) is 78.3 Å². The molecule has 23 heavy (non-hydrogen) atoms. The Morgan fingerprint density at radius 2 is 2.09 bits per heavy atom. The van der Waals surface area contributed by atoms with Crippen molar-refractivity contribution in [2.24, 2.45) is 0 Å². The fourth-order valence-corrected chi connectivity index (χ4v) is 3.48. The summed E-state index contributed by atoms with van der Waals surface area (Å²) in [6.45, 7) is 0.529. The molecule has 3 aliphatic rings. The van der Waals surface area contributed by atoms with Gasteiger partial charge in [-0.05, 0) is 23.8 Å². The number of ether oxygens (including phenoxy) is 2. The highest BCUT2D eigenvalue weighted by atomic mass is 16.5. The van der Waals surface area contributed by atoms with Gasteiger partial charge in [0.15, 0.2) is 6.04 Å². The van der Waals surface area contributed by atoms with Gasteiger partial charge in [0.25, 0.3) is 0 Å². The Kier molecular flexibility index (Phi) is 2.75. The molecule has 1 aromatic heterocycles. The molecule has 0 amide bonds. The van der Waals surface area contributed by atoms with E-state index < -0.39 is 0 Å². The van der Waals surface area contributed by atoms with Crippen LogP contribution in [0.25, 0.3) is 5.69 Å². The number of aromatic nitrogens is 3. The second-order valence-corrected chi connectivity index (χ2v) is 5.91. The summed E-state index contributed by atoms with van der Waals surface area (Å²) in [5.74, 6) is 1.89. The molecule has 5 heteroatoms. The topological polar surface area (TPSA) is 40.2 Å². The first kappa shape index (κ1) is 12.8. The van der Waals surface area contributed by atoms with Crippen LogP contribution in [-0.2, 0) is 16.1 Å². The van der Waals surface area contributed by atoms with E-state index in [1.54, 1.807) is 6.26 Å². The highest BCUT2D eigenvalue weighted by Gasteiger charge is 2.46. The molecule has 0 saturated carbocycles. The summed E-state index contributed by atoms with van der Waals surface area (Å²) >= 11 is 0. The molecule has 5 nitrogen and oxygen atoms in total. The first-order chi connectivity index (χ1) is 11.4. The molecule has 0 radical (unpaired) electrons. The first-order valence-corrected chi connectivity index (χ1v) is 7.80. The molecule has 2 atom stereocenters. The number of fused-ring (bicyclic) bond motifs is 4. The third-order valence-corrected chi connectivity index (χ3v) is 4.54. The molecule has 0 saturated heterocycles. The third-order valence-electron chi connectivity index (χ3n) is 4.54. The fourth-order valence-electron chi connectivity index (χ4n) is 3.48. The van der Waals surface area contributed by atoms with Gasteiger partial charge in [0, 0.05) is 11.5 Å². The molecular formula is C18H16N3O2+. The number of hydrogen-bond donors (Lipinski definition) is 0. The zero-order chi connectivity index (χ0) is 15.2. The fraction of sp³-hybridized carbons (Fsp3) is 0.222. The van der Waals surface area contributed by atoms with Crippen LogP contribution in [0, 0.1) is 0 Å². The average molecular weight is 306 g/mol. The minimum atomic E-state index is 0.0543. The predicted molar refractivity (Wildman–Crippen MR) is 82.4 cm³/mol. The van der Waals surface area contributed by atoms with Crippen LogP contribution in [0.3, 0.4) is 0 Å². The Hall–Kier alpha value is -2.66. The number of hydrogen-bond acceptors (Lipinski definition) is 3. The van der Waals surface area contributed by atoms with Crippen molar-refractivity contribution in [2.45, 2.75) is 25.2 Å². The van der Waals surface area contributed by atoms with Gasteiger partial charge in [0.2, 0.25) is 6.33 Å². The second-order valence-electron chi connectivity index (χ2n) is 5.91. The van der Waals surface area contributed by atoms with Crippen molar-refractivity contribution in [3.63, 3.8) is 0 Å². The lowest BCUT2D eigenvalue weighted by atomic mass is 10.1. The Bertz CT molecular complexity index is 848. The van der Waals surface area contributed by atoms with Crippen LogP contribution in [0.5, 0.6) is 0 Å². The van der Waals surface area contributed by atoms with Gasteiger partial charge in [-0.3, -0.25) is 0 Å². The smallest absolute Gasteiger partial charge is 0.304 e. The predicted octanol–water partition coefficient (Wildman–Crippen LogP) is 2.36. The molecule has 0 unspecified atom stereocenters. The van der Waals surface area contributed by atoms with Crippen molar-refractivity contribution < 1.29 is 14.0 Å². The van der Waals surface area contributed by atoms with Crippen molar-refractivity contribution in [3.8, 4) is 5.69 Å². The molecular weight excluding hydrogens is 290 g/mol. The molecule has 5 rings (SSSR count). The highest BCUT2D eigenvalue weighted by Crippen LogP contribution is 2.39. The molecule has 2 aromatic rings. The Morgan fingerprint density at radius 3 is 3.00 bits per heavy atom. The zero-order valence-corrected chi connectivity index (χ0v) is 12.5. The van der Waals surface area contributed by atoms with Gasteiger partial charge >= 0.3 is 5.82 Å². The van der Waals surface area contributed by atoms with E-state index in [2.05, 4.69) is 15.7 Å². The molecule has 114 valence electrons. The van der Waals surface area contributed by atoms with Crippen LogP contribution >= 0.6 is 0 Å². The van der Waals surface area contributed by atoms with Crippen LogP contribution in [0.1, 0.15) is 18.3 Å². The molecule has 0 bridgehead atoms. The van der Waals surface area contributed by atoms with Crippen LogP contribution in [0.15, 0.2) is 72.5 Å². The van der Waals surface area contributed by atoms with E-state index in [-0.39, 0.29) is 12.1 Å². The van der Waals surface area contributed by atoms with Crippen LogP contribution in [0.2, 0.25) is 0 Å². The van der Waals surface area contributed by atoms with E-state index >= 15 is 0 Å². The molecule has 1 aromatic carbocycles. The van der Waals surface area contributed by atoms with E-state index in [1.807, 2.05) is 53.5 Å². The summed E-state index contributed by atoms with van der Waals surface area (Å²) < 4.78 is 16.0. The number of rotatable bonds is 1. The van der Waals surface area contributed by atoms with E-state index in [0.29, 0.717) is 6.61 Å². The largest absolute Gasteiger partial charge is 0.465 e. The average Bonchev–Trinajstić information content (AvgIpc) is 3.09. The minimum Gasteiger partial charge on any atom is -0.465 e. The van der Waals surface area contributed by atoms with Gasteiger partial charge in [-0.1, -0.05) is 35.0 Å². The molecule has 3 heterocycles. The van der Waals surface area contributed by atoms with Gasteiger partial charge in [-0.25, -0.2) is 4.57 Å². The standard InChI is InChI=1S/C18H16N3O2/c1-2-7-14(8-3-1)21-12-20-16(19-21)11-23-15-10-13-6-4-5-9-22-18(13)17(15)20/h1-9,12,15,17H,10-11H2/q+1/t15-,17-/m1/s1. The van der Waals surface area contributed by atoms with Crippen LogP contribution < -0.4 is 4.57 Å². The van der Waals surface area contributed by atoms with Gasteiger partial charge in [0.05, 0.1) is 6.26 Å². The summed E-state index contributed by atoms with van der Waals surface area (Å²) in [4.78, 5) is 0. The van der Waals surface area contributed by atoms with Crippen molar-refractivity contribution in [1.29, 1.82) is 0 Å². The third kappa shape index (κ3) is 1.97. The number of benzene rings is 1. The van der Waals surface area contributed by atoms with E-state index in [1.165, 1.54) is 5.57 Å². The maximum absolute atomic E-state index is 6.03. The van der Waals surface area contributed by atoms with E-state index in [0.717, 1.165) is 23.7 Å². The van der Waals surface area contributed by atoms with Crippen molar-refractivity contribution in [1.82, 2.24) is 9.78 Å². The zero-order valence-electron chi connectivity index (χ0n) is 12.5. The lowest BCUT2D eigenvalue weighted by Gasteiger charge is -2.24. The molecule has 2 aliphatic heterocycles. The summed E-state index contributed by atoms with van der Waals surface area (Å²) in [5, 5.41) is 4.68. The van der Waals surface area contributed by atoms with Crippen LogP contribution in [0.4, 0.5) is 0 Å². The molecule has 0 fully saturated rings. The number of para-hydroxylation sites is 1. The normalized spacial score (nSPS) is 24.7. The van der Waals surface area contributed by atoms with Gasteiger partial charge in [0.1, 0.15) is 24.2 Å². The Balaban J connectivity index is 1.60. The second kappa shape index (κ2) is 4.93. The molecule has 0 N–H and O–H groups in total. The van der Waals surface area contributed by atoms with Gasteiger partial charge < -0.3 is 9.47 Å². The lowest BCUT2D eigenvalue weighted by Crippen LogP contribution is -2.51. The maximum Gasteiger partial charge on any atom is 0.304 e. The maximum atomic E-state index is 6.03. The van der Waals surface area contributed by atoms with Gasteiger partial charge in [-0.15, -0.1) is 0 Å². The van der Waals surface area contributed by atoms with E-state index in [9.17, 15) is 0 Å². The summed E-state index contributed by atoms with van der Waals surface area (Å²) in [5.41, 5.74) is 2.25. The Morgan fingerprint density at radius 1 is 1.17 bits per heavy atom. The first-order valence-electron chi connectivity index (χ1n) is 7.80.